The van der Waals surface area contributed by atoms with Gasteiger partial charge in [-0.2, -0.15) is 18.3 Å². The van der Waals surface area contributed by atoms with E-state index in [0.29, 0.717) is 22.6 Å². The van der Waals surface area contributed by atoms with Gasteiger partial charge in [-0.1, -0.05) is 6.07 Å². The maximum Gasteiger partial charge on any atom is 0.406 e. The van der Waals surface area contributed by atoms with Crippen molar-refractivity contribution in [1.29, 1.82) is 0 Å². The number of halogens is 3. The SMILES string of the molecule is O=C(/C=C/c1cnccc1-c1cnn(C2CC2)c1)Nc1ccc2ccn(CC(F)(F)F)c2c1. The van der Waals surface area contributed by atoms with Crippen molar-refractivity contribution in [2.24, 2.45) is 0 Å². The quantitative estimate of drug-likeness (QED) is 0.397. The Labute approximate surface area is 187 Å². The van der Waals surface area contributed by atoms with E-state index in [4.69, 9.17) is 0 Å². The van der Waals surface area contributed by atoms with E-state index in [-0.39, 0.29) is 0 Å². The fourth-order valence-electron chi connectivity index (χ4n) is 3.76. The number of anilines is 1. The van der Waals surface area contributed by atoms with Gasteiger partial charge in [0.05, 0.1) is 17.8 Å². The van der Waals surface area contributed by atoms with Crippen molar-refractivity contribution in [2.75, 3.05) is 5.32 Å². The number of nitrogens with zero attached hydrogens (tertiary/aromatic N) is 4. The van der Waals surface area contributed by atoms with Crippen LogP contribution in [0, 0.1) is 0 Å². The highest BCUT2D eigenvalue weighted by Gasteiger charge is 2.28. The molecule has 33 heavy (non-hydrogen) atoms. The van der Waals surface area contributed by atoms with E-state index in [1.54, 1.807) is 42.9 Å². The molecule has 168 valence electrons. The van der Waals surface area contributed by atoms with Crippen LogP contribution < -0.4 is 5.32 Å². The summed E-state index contributed by atoms with van der Waals surface area (Å²) in [6.45, 7) is -1.09. The number of alkyl halides is 3. The van der Waals surface area contributed by atoms with Crippen LogP contribution in [0.1, 0.15) is 24.4 Å². The summed E-state index contributed by atoms with van der Waals surface area (Å²) in [4.78, 5) is 16.7. The van der Waals surface area contributed by atoms with Gasteiger partial charge < -0.3 is 9.88 Å². The summed E-state index contributed by atoms with van der Waals surface area (Å²) in [5.41, 5.74) is 3.43. The molecule has 1 aliphatic rings. The molecule has 5 rings (SSSR count). The molecule has 1 fully saturated rings. The maximum atomic E-state index is 12.8. The van der Waals surface area contributed by atoms with E-state index in [1.807, 2.05) is 16.9 Å². The van der Waals surface area contributed by atoms with Gasteiger partial charge in [0.25, 0.3) is 0 Å². The summed E-state index contributed by atoms with van der Waals surface area (Å²) in [7, 11) is 0. The smallest absolute Gasteiger partial charge is 0.338 e. The van der Waals surface area contributed by atoms with Gasteiger partial charge >= 0.3 is 6.18 Å². The predicted molar refractivity (Wildman–Crippen MR) is 119 cm³/mol. The van der Waals surface area contributed by atoms with Crippen LogP contribution in [0.2, 0.25) is 0 Å². The minimum Gasteiger partial charge on any atom is -0.338 e. The first-order chi connectivity index (χ1) is 15.9. The number of fused-ring (bicyclic) bond motifs is 1. The Balaban J connectivity index is 1.33. The molecule has 1 amide bonds. The van der Waals surface area contributed by atoms with Gasteiger partial charge in [-0.25, -0.2) is 0 Å². The Morgan fingerprint density at radius 2 is 2.03 bits per heavy atom. The summed E-state index contributed by atoms with van der Waals surface area (Å²) in [5, 5.41) is 7.80. The number of aromatic nitrogens is 4. The van der Waals surface area contributed by atoms with Crippen molar-refractivity contribution >= 4 is 28.6 Å². The molecular weight excluding hydrogens is 431 g/mol. The predicted octanol–water partition coefficient (Wildman–Crippen LogP) is 5.45. The molecule has 6 nitrogen and oxygen atoms in total. The molecular formula is C24H20F3N5O. The normalized spacial score (nSPS) is 14.3. The maximum absolute atomic E-state index is 12.8. The molecule has 9 heteroatoms. The molecule has 3 heterocycles. The van der Waals surface area contributed by atoms with E-state index in [0.717, 1.165) is 34.1 Å². The first-order valence-corrected chi connectivity index (χ1v) is 10.5. The van der Waals surface area contributed by atoms with Gasteiger partial charge in [0, 0.05) is 47.7 Å². The highest BCUT2D eigenvalue weighted by molar-refractivity contribution is 6.03. The molecule has 1 aliphatic carbocycles. The minimum atomic E-state index is -4.33. The fourth-order valence-corrected chi connectivity index (χ4v) is 3.76. The molecule has 4 aromatic rings. The second-order valence-corrected chi connectivity index (χ2v) is 8.06. The van der Waals surface area contributed by atoms with Gasteiger partial charge in [-0.15, -0.1) is 0 Å². The zero-order chi connectivity index (χ0) is 23.0. The molecule has 1 aromatic carbocycles. The Morgan fingerprint density at radius 1 is 1.18 bits per heavy atom. The van der Waals surface area contributed by atoms with Crippen LogP contribution in [-0.2, 0) is 11.3 Å². The lowest BCUT2D eigenvalue weighted by Gasteiger charge is -2.10. The largest absolute Gasteiger partial charge is 0.406 e. The van der Waals surface area contributed by atoms with Gasteiger partial charge in [-0.05, 0) is 54.1 Å². The molecule has 1 saturated carbocycles. The molecule has 0 aliphatic heterocycles. The van der Waals surface area contributed by atoms with Crippen molar-refractivity contribution in [3.8, 4) is 11.1 Å². The zero-order valence-electron chi connectivity index (χ0n) is 17.5. The van der Waals surface area contributed by atoms with Gasteiger partial charge in [0.15, 0.2) is 0 Å². The van der Waals surface area contributed by atoms with Crippen LogP contribution in [0.25, 0.3) is 28.1 Å². The summed E-state index contributed by atoms with van der Waals surface area (Å²) in [6.07, 6.45) is 9.53. The first kappa shape index (κ1) is 21.0. The molecule has 0 radical (unpaired) electrons. The molecule has 1 N–H and O–H groups in total. The van der Waals surface area contributed by atoms with E-state index in [9.17, 15) is 18.0 Å². The summed E-state index contributed by atoms with van der Waals surface area (Å²) in [5.74, 6) is -0.397. The van der Waals surface area contributed by atoms with Gasteiger partial charge in [-0.3, -0.25) is 14.5 Å². The van der Waals surface area contributed by atoms with Crippen LogP contribution in [-0.4, -0.2) is 31.4 Å². The Hall–Kier alpha value is -3.88. The van der Waals surface area contributed by atoms with E-state index in [1.165, 1.54) is 18.3 Å². The summed E-state index contributed by atoms with van der Waals surface area (Å²) < 4.78 is 41.5. The van der Waals surface area contributed by atoms with Crippen molar-refractivity contribution in [1.82, 2.24) is 19.3 Å². The summed E-state index contributed by atoms with van der Waals surface area (Å²) in [6, 6.07) is 8.83. The Morgan fingerprint density at radius 3 is 2.82 bits per heavy atom. The lowest BCUT2D eigenvalue weighted by molar-refractivity contribution is -0.139. The third-order valence-corrected chi connectivity index (χ3v) is 5.49. The Bertz CT molecular complexity index is 1350. The van der Waals surface area contributed by atoms with Crippen LogP contribution in [0.15, 0.2) is 67.4 Å². The minimum absolute atomic E-state index is 0.397. The van der Waals surface area contributed by atoms with Crippen LogP contribution in [0.5, 0.6) is 0 Å². The average molecular weight is 451 g/mol. The van der Waals surface area contributed by atoms with Gasteiger partial charge in [0.2, 0.25) is 5.91 Å². The molecule has 0 unspecified atom stereocenters. The first-order valence-electron chi connectivity index (χ1n) is 10.5. The van der Waals surface area contributed by atoms with E-state index < -0.39 is 18.6 Å². The van der Waals surface area contributed by atoms with Crippen molar-refractivity contribution in [2.45, 2.75) is 31.6 Å². The third-order valence-electron chi connectivity index (χ3n) is 5.49. The fraction of sp³-hybridized carbons (Fsp3) is 0.208. The second kappa shape index (κ2) is 8.23. The van der Waals surface area contributed by atoms with Crippen LogP contribution in [0.3, 0.4) is 0 Å². The summed E-state index contributed by atoms with van der Waals surface area (Å²) >= 11 is 0. The van der Waals surface area contributed by atoms with Crippen molar-refractivity contribution < 1.29 is 18.0 Å². The number of benzene rings is 1. The molecule has 0 bridgehead atoms. The molecule has 0 spiro atoms. The number of amides is 1. The van der Waals surface area contributed by atoms with Crippen molar-refractivity contribution in [3.05, 3.63) is 73.0 Å². The van der Waals surface area contributed by atoms with Crippen LogP contribution in [0.4, 0.5) is 18.9 Å². The second-order valence-electron chi connectivity index (χ2n) is 8.06. The highest BCUT2D eigenvalue weighted by Crippen LogP contribution is 2.35. The standard InChI is InChI=1S/C24H20F3N5O/c25-24(26,27)15-31-10-8-16-1-3-19(11-22(16)31)30-23(33)6-2-17-12-28-9-7-21(17)18-13-29-32(14-18)20-4-5-20/h1-3,6-14,20H,4-5,15H2,(H,30,33)/b6-2+. The molecule has 0 saturated heterocycles. The highest BCUT2D eigenvalue weighted by atomic mass is 19.4. The topological polar surface area (TPSA) is 64.7 Å². The van der Waals surface area contributed by atoms with E-state index in [2.05, 4.69) is 15.4 Å². The number of pyridine rings is 1. The number of carbonyl (C=O) groups is 1. The van der Waals surface area contributed by atoms with Crippen LogP contribution >= 0.6 is 0 Å². The number of carbonyl (C=O) groups excluding carboxylic acids is 1. The average Bonchev–Trinajstić information content (AvgIpc) is 3.39. The number of hydrogen-bond donors (Lipinski definition) is 1. The number of rotatable bonds is 6. The van der Waals surface area contributed by atoms with Crippen molar-refractivity contribution in [3.63, 3.8) is 0 Å². The molecule has 0 atom stereocenters. The third kappa shape index (κ3) is 4.82. The Kier molecular flexibility index (Phi) is 5.24. The van der Waals surface area contributed by atoms with E-state index >= 15 is 0 Å². The number of nitrogens with one attached hydrogen (secondary N) is 1. The molecule has 3 aromatic heterocycles. The number of hydrogen-bond acceptors (Lipinski definition) is 3. The zero-order valence-corrected chi connectivity index (χ0v) is 17.5. The monoisotopic (exact) mass is 451 g/mol. The van der Waals surface area contributed by atoms with Gasteiger partial charge in [0.1, 0.15) is 6.54 Å². The lowest BCUT2D eigenvalue weighted by Crippen LogP contribution is -2.16. The lowest BCUT2D eigenvalue weighted by atomic mass is 10.0.